The smallest absolute Gasteiger partial charge is 0.204 e. The zero-order chi connectivity index (χ0) is 9.54. The van der Waals surface area contributed by atoms with Gasteiger partial charge in [-0.05, 0) is 12.1 Å². The number of carbonyl (C=O) groups excluding carboxylic acids is 1. The fraction of sp³-hybridized carbons (Fsp3) is 0.300. The fourth-order valence-corrected chi connectivity index (χ4v) is 1.67. The third-order valence-electron chi connectivity index (χ3n) is 2.31. The first-order chi connectivity index (χ1) is 6.86. The molecule has 0 N–H and O–H groups in total. The van der Waals surface area contributed by atoms with Crippen LogP contribution in [0.2, 0.25) is 0 Å². The van der Waals surface area contributed by atoms with Gasteiger partial charge in [-0.15, -0.1) is 0 Å². The number of ether oxygens (including phenoxy) is 3. The van der Waals surface area contributed by atoms with Gasteiger partial charge in [-0.25, -0.2) is 0 Å². The fourth-order valence-electron chi connectivity index (χ4n) is 1.67. The quantitative estimate of drug-likeness (QED) is 0.616. The van der Waals surface area contributed by atoms with E-state index in [1.54, 1.807) is 12.1 Å². The molecule has 2 aliphatic rings. The van der Waals surface area contributed by atoms with Crippen LogP contribution in [0.15, 0.2) is 12.1 Å². The molecule has 0 aliphatic carbocycles. The Morgan fingerprint density at radius 3 is 2.79 bits per heavy atom. The third kappa shape index (κ3) is 0.907. The Morgan fingerprint density at radius 1 is 1.00 bits per heavy atom. The van der Waals surface area contributed by atoms with Gasteiger partial charge in [0.15, 0.2) is 18.1 Å². The summed E-state index contributed by atoms with van der Waals surface area (Å²) in [5.41, 5.74) is 0.592. The van der Waals surface area contributed by atoms with Gasteiger partial charge in [-0.3, -0.25) is 4.79 Å². The van der Waals surface area contributed by atoms with Gasteiger partial charge in [-0.2, -0.15) is 0 Å². The molecule has 1 aromatic carbocycles. The molecule has 0 saturated carbocycles. The van der Waals surface area contributed by atoms with Crippen molar-refractivity contribution in [2.24, 2.45) is 0 Å². The van der Waals surface area contributed by atoms with Gasteiger partial charge >= 0.3 is 0 Å². The van der Waals surface area contributed by atoms with Crippen LogP contribution in [-0.2, 0) is 0 Å². The molecule has 14 heavy (non-hydrogen) atoms. The molecular formula is C10H8O4. The molecule has 3 rings (SSSR count). The molecule has 0 radical (unpaired) electrons. The number of Topliss-reactive ketones (excluding diaryl/α,β-unsaturated/α-hetero) is 1. The number of benzene rings is 1. The van der Waals surface area contributed by atoms with Crippen molar-refractivity contribution in [3.63, 3.8) is 0 Å². The van der Waals surface area contributed by atoms with Crippen LogP contribution in [0.3, 0.4) is 0 Å². The summed E-state index contributed by atoms with van der Waals surface area (Å²) in [6.45, 7) is 1.15. The van der Waals surface area contributed by atoms with Gasteiger partial charge in [-0.1, -0.05) is 0 Å². The van der Waals surface area contributed by atoms with Crippen LogP contribution in [0.1, 0.15) is 10.4 Å². The van der Waals surface area contributed by atoms with E-state index in [2.05, 4.69) is 0 Å². The zero-order valence-electron chi connectivity index (χ0n) is 7.41. The zero-order valence-corrected chi connectivity index (χ0v) is 7.41. The van der Waals surface area contributed by atoms with Crippen molar-refractivity contribution in [3.8, 4) is 17.2 Å². The highest BCUT2D eigenvalue weighted by atomic mass is 16.6. The number of hydrogen-bond acceptors (Lipinski definition) is 4. The lowest BCUT2D eigenvalue weighted by Crippen LogP contribution is -2.15. The molecule has 4 nitrogen and oxygen atoms in total. The Hall–Kier alpha value is -1.71. The summed E-state index contributed by atoms with van der Waals surface area (Å²) in [4.78, 5) is 11.3. The predicted molar refractivity (Wildman–Crippen MR) is 47.3 cm³/mol. The molecule has 0 bridgehead atoms. The van der Waals surface area contributed by atoms with E-state index in [0.29, 0.717) is 36.0 Å². The van der Waals surface area contributed by atoms with Crippen molar-refractivity contribution >= 4 is 5.78 Å². The lowest BCUT2D eigenvalue weighted by atomic mass is 10.1. The monoisotopic (exact) mass is 192 g/mol. The maximum atomic E-state index is 11.3. The number of carbonyl (C=O) groups is 1. The molecule has 0 saturated heterocycles. The van der Waals surface area contributed by atoms with Crippen LogP contribution in [0.4, 0.5) is 0 Å². The van der Waals surface area contributed by atoms with Crippen LogP contribution in [-0.4, -0.2) is 25.6 Å². The van der Waals surface area contributed by atoms with Crippen molar-refractivity contribution in [2.75, 3.05) is 19.8 Å². The lowest BCUT2D eigenvalue weighted by molar-refractivity contribution is 0.0959. The Bertz CT molecular complexity index is 411. The van der Waals surface area contributed by atoms with Gasteiger partial charge in [0.05, 0.1) is 5.56 Å². The average molecular weight is 192 g/mol. The van der Waals surface area contributed by atoms with E-state index >= 15 is 0 Å². The molecule has 2 heterocycles. The topological polar surface area (TPSA) is 44.8 Å². The van der Waals surface area contributed by atoms with Crippen LogP contribution >= 0.6 is 0 Å². The molecule has 0 aromatic heterocycles. The summed E-state index contributed by atoms with van der Waals surface area (Å²) in [7, 11) is 0. The summed E-state index contributed by atoms with van der Waals surface area (Å²) in [5.74, 6) is 1.76. The van der Waals surface area contributed by atoms with Crippen molar-refractivity contribution in [2.45, 2.75) is 0 Å². The van der Waals surface area contributed by atoms with E-state index in [9.17, 15) is 4.79 Å². The molecule has 0 atom stereocenters. The number of hydrogen-bond donors (Lipinski definition) is 0. The first-order valence-electron chi connectivity index (χ1n) is 4.45. The minimum atomic E-state index is -0.00280. The Labute approximate surface area is 80.4 Å². The first-order valence-corrected chi connectivity index (χ1v) is 4.45. The molecule has 1 aromatic rings. The molecule has 0 amide bonds. The molecular weight excluding hydrogens is 184 g/mol. The third-order valence-corrected chi connectivity index (χ3v) is 2.31. The first kappa shape index (κ1) is 7.67. The predicted octanol–water partition coefficient (Wildman–Crippen LogP) is 1.03. The van der Waals surface area contributed by atoms with Gasteiger partial charge in [0, 0.05) is 0 Å². The average Bonchev–Trinajstić information content (AvgIpc) is 2.61. The highest BCUT2D eigenvalue weighted by Crippen LogP contribution is 2.44. The van der Waals surface area contributed by atoms with Crippen LogP contribution in [0.5, 0.6) is 17.2 Å². The highest BCUT2D eigenvalue weighted by molar-refractivity contribution is 6.03. The van der Waals surface area contributed by atoms with E-state index in [1.165, 1.54) is 0 Å². The number of fused-ring (bicyclic) bond motifs is 3. The molecule has 2 aliphatic heterocycles. The van der Waals surface area contributed by atoms with Crippen LogP contribution in [0, 0.1) is 0 Å². The van der Waals surface area contributed by atoms with Gasteiger partial charge in [0.2, 0.25) is 11.5 Å². The molecule has 4 heteroatoms. The Balaban J connectivity index is 2.20. The maximum absolute atomic E-state index is 11.3. The Morgan fingerprint density at radius 2 is 1.86 bits per heavy atom. The van der Waals surface area contributed by atoms with Crippen LogP contribution < -0.4 is 14.2 Å². The van der Waals surface area contributed by atoms with Crippen molar-refractivity contribution in [1.29, 1.82) is 0 Å². The van der Waals surface area contributed by atoms with Gasteiger partial charge in [0.1, 0.15) is 13.2 Å². The van der Waals surface area contributed by atoms with E-state index in [-0.39, 0.29) is 12.4 Å². The number of rotatable bonds is 0. The summed E-state index contributed by atoms with van der Waals surface area (Å²) in [5, 5.41) is 0. The summed E-state index contributed by atoms with van der Waals surface area (Å²) < 4.78 is 16.0. The standard InChI is InChI=1S/C10H8O4/c11-7-5-14-9-6(7)1-2-8-10(9)13-4-3-12-8/h1-2H,3-5H2. The SMILES string of the molecule is O=C1COc2c1ccc1c2OCCO1. The summed E-state index contributed by atoms with van der Waals surface area (Å²) in [6.07, 6.45) is 0. The minimum Gasteiger partial charge on any atom is -0.486 e. The highest BCUT2D eigenvalue weighted by Gasteiger charge is 2.28. The van der Waals surface area contributed by atoms with Gasteiger partial charge < -0.3 is 14.2 Å². The second-order valence-electron chi connectivity index (χ2n) is 3.18. The van der Waals surface area contributed by atoms with E-state index in [0.717, 1.165) is 0 Å². The van der Waals surface area contributed by atoms with E-state index in [4.69, 9.17) is 14.2 Å². The van der Waals surface area contributed by atoms with E-state index < -0.39 is 0 Å². The summed E-state index contributed by atoms with van der Waals surface area (Å²) >= 11 is 0. The molecule has 0 unspecified atom stereocenters. The van der Waals surface area contributed by atoms with Crippen molar-refractivity contribution in [3.05, 3.63) is 17.7 Å². The second kappa shape index (κ2) is 2.64. The van der Waals surface area contributed by atoms with Crippen molar-refractivity contribution < 1.29 is 19.0 Å². The Kier molecular flexibility index (Phi) is 1.45. The second-order valence-corrected chi connectivity index (χ2v) is 3.18. The molecule has 0 fully saturated rings. The van der Waals surface area contributed by atoms with E-state index in [1.807, 2.05) is 0 Å². The van der Waals surface area contributed by atoms with Gasteiger partial charge in [0.25, 0.3) is 0 Å². The molecule has 72 valence electrons. The molecule has 0 spiro atoms. The van der Waals surface area contributed by atoms with Crippen LogP contribution in [0.25, 0.3) is 0 Å². The minimum absolute atomic E-state index is 0.00280. The maximum Gasteiger partial charge on any atom is 0.204 e. The van der Waals surface area contributed by atoms with Crippen molar-refractivity contribution in [1.82, 2.24) is 0 Å². The summed E-state index contributed by atoms with van der Waals surface area (Å²) in [6, 6.07) is 3.47. The lowest BCUT2D eigenvalue weighted by Gasteiger charge is -2.19. The normalized spacial score (nSPS) is 17.6. The number of ketones is 1. The largest absolute Gasteiger partial charge is 0.486 e.